The number of ether oxygens (including phenoxy) is 1. The van der Waals surface area contributed by atoms with Crippen LogP contribution >= 0.6 is 12.2 Å². The molecule has 0 bridgehead atoms. The maximum atomic E-state index is 11.5. The topological polar surface area (TPSA) is 54.7 Å². The molecule has 0 unspecified atom stereocenters. The minimum Gasteiger partial charge on any atom is -0.496 e. The quantitative estimate of drug-likeness (QED) is 0.687. The van der Waals surface area contributed by atoms with Crippen molar-refractivity contribution in [2.45, 2.75) is 19.5 Å². The van der Waals surface area contributed by atoms with Crippen molar-refractivity contribution >= 4 is 34.1 Å². The van der Waals surface area contributed by atoms with E-state index in [2.05, 4.69) is 17.0 Å². The van der Waals surface area contributed by atoms with E-state index in [-0.39, 0.29) is 6.54 Å². The molecule has 3 aromatic rings. The molecule has 0 fully saturated rings. The highest BCUT2D eigenvalue weighted by molar-refractivity contribution is 7.80. The number of carbonyl (C=O) groups is 1. The minimum atomic E-state index is -0.888. The second-order valence-electron chi connectivity index (χ2n) is 6.62. The second kappa shape index (κ2) is 7.04. The number of carboxylic acid groups (broad SMARTS) is 1. The first-order chi connectivity index (χ1) is 13.1. The van der Waals surface area contributed by atoms with E-state index < -0.39 is 5.97 Å². The van der Waals surface area contributed by atoms with Gasteiger partial charge in [-0.15, -0.1) is 0 Å². The van der Waals surface area contributed by atoms with Gasteiger partial charge in [0.2, 0.25) is 0 Å². The van der Waals surface area contributed by atoms with Crippen LogP contribution in [0.25, 0.3) is 10.9 Å². The van der Waals surface area contributed by atoms with E-state index in [1.807, 2.05) is 41.0 Å². The Morgan fingerprint density at radius 1 is 1.19 bits per heavy atom. The fourth-order valence-corrected chi connectivity index (χ4v) is 4.25. The Morgan fingerprint density at radius 3 is 2.67 bits per heavy atom. The van der Waals surface area contributed by atoms with Crippen molar-refractivity contribution in [2.75, 3.05) is 13.7 Å². The number of rotatable bonds is 5. The highest BCUT2D eigenvalue weighted by Gasteiger charge is 2.30. The van der Waals surface area contributed by atoms with Gasteiger partial charge in [0.15, 0.2) is 0 Å². The van der Waals surface area contributed by atoms with E-state index in [1.165, 1.54) is 5.56 Å². The fourth-order valence-electron chi connectivity index (χ4n) is 3.86. The van der Waals surface area contributed by atoms with Crippen LogP contribution in [0.3, 0.4) is 0 Å². The van der Waals surface area contributed by atoms with E-state index in [0.29, 0.717) is 11.5 Å². The molecule has 0 spiro atoms. The average molecular weight is 380 g/mol. The number of carboxylic acids is 1. The van der Waals surface area contributed by atoms with Crippen molar-refractivity contribution in [1.29, 1.82) is 0 Å². The molecule has 0 aliphatic carbocycles. The van der Waals surface area contributed by atoms with Gasteiger partial charge in [0.05, 0.1) is 18.3 Å². The van der Waals surface area contributed by atoms with Gasteiger partial charge in [-0.1, -0.05) is 48.6 Å². The molecule has 138 valence electrons. The zero-order valence-corrected chi connectivity index (χ0v) is 15.8. The molecule has 0 radical (unpaired) electrons. The molecule has 0 saturated heterocycles. The molecule has 2 aromatic carbocycles. The van der Waals surface area contributed by atoms with E-state index >= 15 is 0 Å². The van der Waals surface area contributed by atoms with Crippen molar-refractivity contribution in [3.63, 3.8) is 0 Å². The van der Waals surface area contributed by atoms with Crippen LogP contribution in [0.15, 0.2) is 48.5 Å². The summed E-state index contributed by atoms with van der Waals surface area (Å²) in [5, 5.41) is 10.4. The molecule has 2 heterocycles. The van der Waals surface area contributed by atoms with Crippen molar-refractivity contribution in [3.05, 3.63) is 65.4 Å². The molecular formula is C21H20N2O3S. The predicted molar refractivity (Wildman–Crippen MR) is 108 cm³/mol. The Bertz CT molecular complexity index is 1030. The number of aromatic nitrogens is 1. The number of benzene rings is 2. The first-order valence-corrected chi connectivity index (χ1v) is 9.24. The molecular weight excluding hydrogens is 360 g/mol. The highest BCUT2D eigenvalue weighted by atomic mass is 32.1. The van der Waals surface area contributed by atoms with Crippen molar-refractivity contribution in [1.82, 2.24) is 9.47 Å². The van der Waals surface area contributed by atoms with Crippen molar-refractivity contribution in [3.8, 4) is 5.75 Å². The van der Waals surface area contributed by atoms with Gasteiger partial charge in [0.1, 0.15) is 17.3 Å². The van der Waals surface area contributed by atoms with Crippen LogP contribution in [0.5, 0.6) is 5.75 Å². The first kappa shape index (κ1) is 17.5. The molecule has 5 nitrogen and oxygen atoms in total. The summed E-state index contributed by atoms with van der Waals surface area (Å²) in [5.41, 5.74) is 3.94. The number of aliphatic carboxylic acids is 1. The van der Waals surface area contributed by atoms with Gasteiger partial charge in [-0.2, -0.15) is 0 Å². The average Bonchev–Trinajstić information content (AvgIpc) is 2.99. The summed E-state index contributed by atoms with van der Waals surface area (Å²) < 4.78 is 7.37. The molecule has 4 rings (SSSR count). The monoisotopic (exact) mass is 380 g/mol. The van der Waals surface area contributed by atoms with E-state index in [9.17, 15) is 9.90 Å². The van der Waals surface area contributed by atoms with Gasteiger partial charge >= 0.3 is 5.97 Å². The Labute approximate surface area is 162 Å². The SMILES string of the molecule is COc1cccc2c1c1c(n2CC(=O)O)C(=S)N(Cc2ccccc2)CC1. The molecule has 1 N–H and O–H groups in total. The van der Waals surface area contributed by atoms with Crippen LogP contribution in [-0.4, -0.2) is 39.2 Å². The number of hydrogen-bond donors (Lipinski definition) is 1. The summed E-state index contributed by atoms with van der Waals surface area (Å²) in [6, 6.07) is 15.9. The Kier molecular flexibility index (Phi) is 4.58. The summed E-state index contributed by atoms with van der Waals surface area (Å²) in [7, 11) is 1.64. The van der Waals surface area contributed by atoms with E-state index in [4.69, 9.17) is 17.0 Å². The van der Waals surface area contributed by atoms with Crippen LogP contribution in [0.4, 0.5) is 0 Å². The molecule has 1 aliphatic rings. The maximum Gasteiger partial charge on any atom is 0.323 e. The van der Waals surface area contributed by atoms with Crippen LogP contribution < -0.4 is 4.74 Å². The molecule has 0 amide bonds. The third-order valence-electron chi connectivity index (χ3n) is 5.00. The first-order valence-electron chi connectivity index (χ1n) is 8.83. The van der Waals surface area contributed by atoms with Crippen LogP contribution in [0.1, 0.15) is 16.8 Å². The van der Waals surface area contributed by atoms with Crippen molar-refractivity contribution in [2.24, 2.45) is 0 Å². The normalized spacial score (nSPS) is 13.7. The van der Waals surface area contributed by atoms with Gasteiger partial charge in [-0.25, -0.2) is 0 Å². The summed E-state index contributed by atoms with van der Waals surface area (Å²) in [4.78, 5) is 14.4. The number of fused-ring (bicyclic) bond motifs is 3. The van der Waals surface area contributed by atoms with Gasteiger partial charge in [0, 0.05) is 18.5 Å². The zero-order chi connectivity index (χ0) is 19.0. The largest absolute Gasteiger partial charge is 0.496 e. The lowest BCUT2D eigenvalue weighted by atomic mass is 10.0. The lowest BCUT2D eigenvalue weighted by Crippen LogP contribution is -2.37. The fraction of sp³-hybridized carbons (Fsp3) is 0.238. The Morgan fingerprint density at radius 2 is 1.96 bits per heavy atom. The summed E-state index contributed by atoms with van der Waals surface area (Å²) in [6.45, 7) is 1.38. The van der Waals surface area contributed by atoms with E-state index in [0.717, 1.165) is 40.9 Å². The third kappa shape index (κ3) is 3.06. The van der Waals surface area contributed by atoms with Gasteiger partial charge < -0.3 is 19.3 Å². The molecule has 0 saturated carbocycles. The summed E-state index contributed by atoms with van der Waals surface area (Å²) in [5.74, 6) is -0.132. The Hall–Kier alpha value is -2.86. The predicted octanol–water partition coefficient (Wildman–Crippen LogP) is 3.47. The smallest absolute Gasteiger partial charge is 0.323 e. The number of thiocarbonyl (C=S) groups is 1. The van der Waals surface area contributed by atoms with Crippen LogP contribution in [-0.2, 0) is 24.3 Å². The summed E-state index contributed by atoms with van der Waals surface area (Å²) in [6.07, 6.45) is 0.797. The standard InChI is InChI=1S/C21H20N2O3S/c1-26-17-9-5-8-16-19(17)15-10-11-22(12-14-6-3-2-4-7-14)21(27)20(15)23(16)13-18(24)25/h2-9H,10-13H2,1H3,(H,24,25). The van der Waals surface area contributed by atoms with Crippen LogP contribution in [0.2, 0.25) is 0 Å². The summed E-state index contributed by atoms with van der Waals surface area (Å²) >= 11 is 5.81. The molecule has 0 atom stereocenters. The van der Waals surface area contributed by atoms with E-state index in [1.54, 1.807) is 7.11 Å². The lowest BCUT2D eigenvalue weighted by Gasteiger charge is -2.31. The third-order valence-corrected chi connectivity index (χ3v) is 5.46. The van der Waals surface area contributed by atoms with Crippen molar-refractivity contribution < 1.29 is 14.6 Å². The lowest BCUT2D eigenvalue weighted by molar-refractivity contribution is -0.137. The second-order valence-corrected chi connectivity index (χ2v) is 7.01. The number of methoxy groups -OCH3 is 1. The zero-order valence-electron chi connectivity index (χ0n) is 15.0. The molecule has 27 heavy (non-hydrogen) atoms. The van der Waals surface area contributed by atoms with Gasteiger partial charge in [-0.3, -0.25) is 4.79 Å². The number of hydrogen-bond acceptors (Lipinski definition) is 3. The molecule has 1 aliphatic heterocycles. The van der Waals surface area contributed by atoms with Crippen LogP contribution in [0, 0.1) is 0 Å². The number of nitrogens with zero attached hydrogens (tertiary/aromatic N) is 2. The van der Waals surface area contributed by atoms with Gasteiger partial charge in [-0.05, 0) is 29.7 Å². The highest BCUT2D eigenvalue weighted by Crippen LogP contribution is 2.37. The molecule has 6 heteroatoms. The maximum absolute atomic E-state index is 11.5. The van der Waals surface area contributed by atoms with Gasteiger partial charge in [0.25, 0.3) is 0 Å². The minimum absolute atomic E-state index is 0.127. The Balaban J connectivity index is 1.83. The molecule has 1 aromatic heterocycles.